The van der Waals surface area contributed by atoms with Gasteiger partial charge >= 0.3 is 0 Å². The van der Waals surface area contributed by atoms with E-state index in [-0.39, 0.29) is 41.7 Å². The van der Waals surface area contributed by atoms with Crippen molar-refractivity contribution in [1.29, 1.82) is 0 Å². The lowest BCUT2D eigenvalue weighted by Crippen LogP contribution is -2.50. The highest BCUT2D eigenvalue weighted by Crippen LogP contribution is 2.20. The summed E-state index contributed by atoms with van der Waals surface area (Å²) in [6, 6.07) is 5.93. The topological polar surface area (TPSA) is 107 Å². The average molecular weight is 451 g/mol. The van der Waals surface area contributed by atoms with Gasteiger partial charge in [-0.2, -0.15) is 4.31 Å². The van der Waals surface area contributed by atoms with E-state index >= 15 is 0 Å². The van der Waals surface area contributed by atoms with Crippen LogP contribution in [-0.2, 0) is 19.6 Å². The van der Waals surface area contributed by atoms with Crippen LogP contribution in [0.3, 0.4) is 0 Å². The quantitative estimate of drug-likeness (QED) is 0.710. The first-order valence-corrected chi connectivity index (χ1v) is 12.1. The fourth-order valence-corrected chi connectivity index (χ4v) is 5.38. The van der Waals surface area contributed by atoms with E-state index in [1.807, 2.05) is 0 Å². The average Bonchev–Trinajstić information content (AvgIpc) is 2.78. The van der Waals surface area contributed by atoms with Crippen LogP contribution in [0.4, 0.5) is 0 Å². The third kappa shape index (κ3) is 5.43. The van der Waals surface area contributed by atoms with Gasteiger partial charge in [-0.15, -0.1) is 0 Å². The van der Waals surface area contributed by atoms with Gasteiger partial charge in [0.15, 0.2) is 0 Å². The Kier molecular flexibility index (Phi) is 7.32. The van der Waals surface area contributed by atoms with Gasteiger partial charge in [0.05, 0.1) is 4.90 Å². The van der Waals surface area contributed by atoms with Gasteiger partial charge in [0.25, 0.3) is 5.91 Å². The van der Waals surface area contributed by atoms with E-state index in [0.29, 0.717) is 38.2 Å². The Balaban J connectivity index is 1.64. The molecule has 0 aliphatic carbocycles. The first-order valence-electron chi connectivity index (χ1n) is 10.7. The van der Waals surface area contributed by atoms with Gasteiger partial charge in [-0.1, -0.05) is 6.92 Å². The van der Waals surface area contributed by atoms with Crippen LogP contribution in [0.15, 0.2) is 29.2 Å². The molecular formula is C21H30N4O5S. The highest BCUT2D eigenvalue weighted by atomic mass is 32.2. The van der Waals surface area contributed by atoms with Crippen LogP contribution in [0.25, 0.3) is 0 Å². The van der Waals surface area contributed by atoms with Crippen LogP contribution in [0, 0.1) is 0 Å². The Hall–Kier alpha value is -2.46. The van der Waals surface area contributed by atoms with Crippen molar-refractivity contribution >= 4 is 27.7 Å². The van der Waals surface area contributed by atoms with Crippen molar-refractivity contribution in [3.05, 3.63) is 29.8 Å². The van der Waals surface area contributed by atoms with Gasteiger partial charge in [-0.05, 0) is 37.1 Å². The monoisotopic (exact) mass is 450 g/mol. The van der Waals surface area contributed by atoms with E-state index in [9.17, 15) is 22.8 Å². The summed E-state index contributed by atoms with van der Waals surface area (Å²) < 4.78 is 27.2. The number of benzene rings is 1. The SMILES string of the molecule is CCC(=O)NC1CCCN(C(=O)c2ccc(S(=O)(=O)N3CCN(C(C)=O)CC3)cc2)C1. The summed E-state index contributed by atoms with van der Waals surface area (Å²) in [5, 5.41) is 2.94. The number of hydrogen-bond acceptors (Lipinski definition) is 5. The maximum absolute atomic E-state index is 12.9. The predicted octanol–water partition coefficient (Wildman–Crippen LogP) is 0.670. The molecule has 10 heteroatoms. The van der Waals surface area contributed by atoms with E-state index in [4.69, 9.17) is 0 Å². The molecule has 2 saturated heterocycles. The Morgan fingerprint density at radius 3 is 2.23 bits per heavy atom. The Morgan fingerprint density at radius 2 is 1.65 bits per heavy atom. The van der Waals surface area contributed by atoms with Gasteiger partial charge in [0.2, 0.25) is 21.8 Å². The summed E-state index contributed by atoms with van der Waals surface area (Å²) in [4.78, 5) is 39.4. The summed E-state index contributed by atoms with van der Waals surface area (Å²) in [6.07, 6.45) is 2.05. The van der Waals surface area contributed by atoms with Crippen molar-refractivity contribution in [1.82, 2.24) is 19.4 Å². The number of carbonyl (C=O) groups excluding carboxylic acids is 3. The third-order valence-electron chi connectivity index (χ3n) is 5.82. The lowest BCUT2D eigenvalue weighted by atomic mass is 10.0. The molecule has 1 unspecified atom stereocenters. The number of piperidine rings is 1. The molecule has 9 nitrogen and oxygen atoms in total. The van der Waals surface area contributed by atoms with Crippen molar-refractivity contribution < 1.29 is 22.8 Å². The molecule has 170 valence electrons. The van der Waals surface area contributed by atoms with Crippen molar-refractivity contribution in [2.45, 2.75) is 44.0 Å². The molecule has 0 saturated carbocycles. The van der Waals surface area contributed by atoms with Crippen LogP contribution in [0.1, 0.15) is 43.5 Å². The highest BCUT2D eigenvalue weighted by molar-refractivity contribution is 7.89. The molecule has 2 fully saturated rings. The number of hydrogen-bond donors (Lipinski definition) is 1. The molecule has 0 aromatic heterocycles. The van der Waals surface area contributed by atoms with Crippen LogP contribution in [0.2, 0.25) is 0 Å². The molecule has 3 amide bonds. The Labute approximate surface area is 183 Å². The number of sulfonamides is 1. The minimum absolute atomic E-state index is 0.0296. The minimum atomic E-state index is -3.68. The molecule has 0 radical (unpaired) electrons. The number of nitrogens with zero attached hydrogens (tertiary/aromatic N) is 3. The fraction of sp³-hybridized carbons (Fsp3) is 0.571. The first-order chi connectivity index (χ1) is 14.7. The van der Waals surface area contributed by atoms with Gasteiger partial charge in [-0.25, -0.2) is 8.42 Å². The zero-order valence-electron chi connectivity index (χ0n) is 18.0. The van der Waals surface area contributed by atoms with E-state index in [0.717, 1.165) is 12.8 Å². The smallest absolute Gasteiger partial charge is 0.253 e. The summed E-state index contributed by atoms with van der Waals surface area (Å²) in [5.41, 5.74) is 0.419. The van der Waals surface area contributed by atoms with Crippen molar-refractivity contribution in [3.63, 3.8) is 0 Å². The molecule has 31 heavy (non-hydrogen) atoms. The molecule has 2 aliphatic rings. The molecule has 3 rings (SSSR count). The maximum Gasteiger partial charge on any atom is 0.253 e. The molecule has 1 aromatic rings. The van der Waals surface area contributed by atoms with E-state index in [1.54, 1.807) is 16.7 Å². The second kappa shape index (κ2) is 9.78. The highest BCUT2D eigenvalue weighted by Gasteiger charge is 2.30. The summed E-state index contributed by atoms with van der Waals surface area (Å²) in [7, 11) is -3.68. The molecule has 2 aliphatic heterocycles. The second-order valence-corrected chi connectivity index (χ2v) is 9.88. The lowest BCUT2D eigenvalue weighted by Gasteiger charge is -2.34. The van der Waals surface area contributed by atoms with Gasteiger partial charge in [0.1, 0.15) is 0 Å². The number of piperazine rings is 1. The Bertz CT molecular complexity index is 924. The molecule has 0 spiro atoms. The van der Waals surface area contributed by atoms with E-state index < -0.39 is 10.0 Å². The van der Waals surface area contributed by atoms with Crippen LogP contribution >= 0.6 is 0 Å². The van der Waals surface area contributed by atoms with Gasteiger partial charge < -0.3 is 15.1 Å². The molecule has 1 aromatic carbocycles. The van der Waals surface area contributed by atoms with Crippen molar-refractivity contribution in [2.75, 3.05) is 39.3 Å². The second-order valence-electron chi connectivity index (χ2n) is 7.95. The van der Waals surface area contributed by atoms with E-state index in [2.05, 4.69) is 5.32 Å². The van der Waals surface area contributed by atoms with Gasteiger partial charge in [0, 0.05) is 64.2 Å². The van der Waals surface area contributed by atoms with E-state index in [1.165, 1.54) is 35.5 Å². The Morgan fingerprint density at radius 1 is 1.00 bits per heavy atom. The predicted molar refractivity (Wildman–Crippen MR) is 115 cm³/mol. The summed E-state index contributed by atoms with van der Waals surface area (Å²) in [6.45, 7) is 5.57. The van der Waals surface area contributed by atoms with Gasteiger partial charge in [-0.3, -0.25) is 14.4 Å². The molecule has 1 atom stereocenters. The molecule has 0 bridgehead atoms. The molecular weight excluding hydrogens is 420 g/mol. The summed E-state index contributed by atoms with van der Waals surface area (Å²) in [5.74, 6) is -0.262. The number of amides is 3. The number of rotatable bonds is 5. The fourth-order valence-electron chi connectivity index (χ4n) is 3.95. The number of nitrogens with one attached hydrogen (secondary N) is 1. The van der Waals surface area contributed by atoms with Crippen molar-refractivity contribution in [2.24, 2.45) is 0 Å². The standard InChI is InChI=1S/C21H30N4O5S/c1-3-20(27)22-18-5-4-10-24(15-18)21(28)17-6-8-19(9-7-17)31(29,30)25-13-11-23(12-14-25)16(2)26/h6-9,18H,3-5,10-15H2,1-2H3,(H,22,27). The zero-order chi connectivity index (χ0) is 22.6. The lowest BCUT2D eigenvalue weighted by molar-refractivity contribution is -0.130. The third-order valence-corrected chi connectivity index (χ3v) is 7.73. The van der Waals surface area contributed by atoms with Crippen LogP contribution < -0.4 is 5.32 Å². The minimum Gasteiger partial charge on any atom is -0.352 e. The molecule has 1 N–H and O–H groups in total. The zero-order valence-corrected chi connectivity index (χ0v) is 18.9. The molecule has 2 heterocycles. The normalized spacial score (nSPS) is 20.4. The first kappa shape index (κ1) is 23.2. The van der Waals surface area contributed by atoms with Crippen LogP contribution in [0.5, 0.6) is 0 Å². The number of carbonyl (C=O) groups is 3. The maximum atomic E-state index is 12.9. The van der Waals surface area contributed by atoms with Crippen LogP contribution in [-0.4, -0.2) is 85.6 Å². The number of likely N-dealkylation sites (tertiary alicyclic amines) is 1. The van der Waals surface area contributed by atoms with Crippen molar-refractivity contribution in [3.8, 4) is 0 Å². The largest absolute Gasteiger partial charge is 0.352 e. The summed E-state index contributed by atoms with van der Waals surface area (Å²) >= 11 is 0.